The van der Waals surface area contributed by atoms with Crippen LogP contribution in [0.25, 0.3) is 0 Å². The van der Waals surface area contributed by atoms with E-state index in [4.69, 9.17) is 22.4 Å². The number of nitrogens with two attached hydrogens (primary N) is 1. The average Bonchev–Trinajstić information content (AvgIpc) is 2.20. The highest BCUT2D eigenvalue weighted by Gasteiger charge is 2.20. The largest absolute Gasteiger partial charge is 0.395 e. The fourth-order valence-corrected chi connectivity index (χ4v) is 1.81. The summed E-state index contributed by atoms with van der Waals surface area (Å²) in [6.07, 6.45) is 0. The molecule has 15 heavy (non-hydrogen) atoms. The van der Waals surface area contributed by atoms with Crippen LogP contribution in [0.5, 0.6) is 0 Å². The van der Waals surface area contributed by atoms with Crippen LogP contribution in [-0.2, 0) is 0 Å². The first-order valence-corrected chi connectivity index (χ1v) is 5.22. The van der Waals surface area contributed by atoms with Gasteiger partial charge >= 0.3 is 0 Å². The van der Waals surface area contributed by atoms with Crippen LogP contribution in [0, 0.1) is 0 Å². The van der Waals surface area contributed by atoms with Gasteiger partial charge in [-0.05, 0) is 31.8 Å². The van der Waals surface area contributed by atoms with Crippen LogP contribution < -0.4 is 5.73 Å². The van der Waals surface area contributed by atoms with Crippen molar-refractivity contribution < 1.29 is 5.11 Å². The molecule has 0 saturated heterocycles. The number of rotatable bonds is 4. The van der Waals surface area contributed by atoms with Gasteiger partial charge in [-0.1, -0.05) is 23.7 Å². The van der Waals surface area contributed by atoms with Crippen molar-refractivity contribution in [3.05, 3.63) is 34.9 Å². The molecule has 1 aromatic carbocycles. The van der Waals surface area contributed by atoms with Crippen molar-refractivity contribution >= 4 is 11.6 Å². The Kier molecular flexibility index (Phi) is 4.54. The molecule has 0 spiro atoms. The highest BCUT2D eigenvalue weighted by Crippen LogP contribution is 2.22. The van der Waals surface area contributed by atoms with Gasteiger partial charge in [-0.2, -0.15) is 0 Å². The van der Waals surface area contributed by atoms with Gasteiger partial charge in [0.05, 0.1) is 12.6 Å². The third-order valence-corrected chi connectivity index (χ3v) is 2.64. The first-order valence-electron chi connectivity index (χ1n) is 4.84. The molecule has 1 rings (SSSR count). The van der Waals surface area contributed by atoms with Gasteiger partial charge in [-0.15, -0.1) is 0 Å². The highest BCUT2D eigenvalue weighted by atomic mass is 35.5. The molecule has 0 bridgehead atoms. The van der Waals surface area contributed by atoms with E-state index >= 15 is 0 Å². The number of hydrogen-bond acceptors (Lipinski definition) is 3. The fourth-order valence-electron chi connectivity index (χ4n) is 1.69. The Morgan fingerprint density at radius 2 is 1.87 bits per heavy atom. The Hall–Kier alpha value is -0.610. The van der Waals surface area contributed by atoms with Gasteiger partial charge in [0.15, 0.2) is 0 Å². The molecule has 4 heteroatoms. The minimum Gasteiger partial charge on any atom is -0.395 e. The van der Waals surface area contributed by atoms with Crippen LogP contribution in [0.1, 0.15) is 11.6 Å². The maximum Gasteiger partial charge on any atom is 0.0601 e. The number of nitrogens with zero attached hydrogens (tertiary/aromatic N) is 1. The van der Waals surface area contributed by atoms with E-state index < -0.39 is 0 Å². The Morgan fingerprint density at radius 1 is 1.33 bits per heavy atom. The lowest BCUT2D eigenvalue weighted by Gasteiger charge is -2.29. The molecule has 2 atom stereocenters. The van der Waals surface area contributed by atoms with E-state index in [0.29, 0.717) is 5.02 Å². The molecule has 3 nitrogen and oxygen atoms in total. The number of aliphatic hydroxyl groups excluding tert-OH is 1. The predicted octanol–water partition coefficient (Wildman–Crippen LogP) is 1.26. The number of aliphatic hydroxyl groups is 1. The van der Waals surface area contributed by atoms with Crippen molar-refractivity contribution in [1.29, 1.82) is 0 Å². The highest BCUT2D eigenvalue weighted by molar-refractivity contribution is 6.30. The van der Waals surface area contributed by atoms with E-state index in [9.17, 15) is 0 Å². The molecule has 0 radical (unpaired) electrons. The smallest absolute Gasteiger partial charge is 0.0601 e. The second kappa shape index (κ2) is 5.47. The molecule has 0 aliphatic carbocycles. The summed E-state index contributed by atoms with van der Waals surface area (Å²) in [6.45, 7) is -0.0362. The molecule has 0 aliphatic heterocycles. The van der Waals surface area contributed by atoms with Gasteiger partial charge in [0.25, 0.3) is 0 Å². The number of benzene rings is 1. The molecule has 1 aromatic rings. The minimum absolute atomic E-state index is 0.00673. The van der Waals surface area contributed by atoms with Crippen LogP contribution in [-0.4, -0.2) is 36.8 Å². The van der Waals surface area contributed by atoms with Crippen LogP contribution >= 0.6 is 11.6 Å². The monoisotopic (exact) mass is 228 g/mol. The molecule has 84 valence electrons. The lowest BCUT2D eigenvalue weighted by atomic mass is 9.99. The predicted molar refractivity (Wildman–Crippen MR) is 62.9 cm³/mol. The van der Waals surface area contributed by atoms with Gasteiger partial charge in [-0.3, -0.25) is 0 Å². The SMILES string of the molecule is CN(C)C(c1ccc(Cl)cc1)C(N)CO. The Morgan fingerprint density at radius 3 is 2.27 bits per heavy atom. The minimum atomic E-state index is -0.291. The third-order valence-electron chi connectivity index (χ3n) is 2.38. The summed E-state index contributed by atoms with van der Waals surface area (Å²) in [7, 11) is 3.88. The van der Waals surface area contributed by atoms with E-state index in [1.165, 1.54) is 0 Å². The van der Waals surface area contributed by atoms with Crippen LogP contribution in [0.3, 0.4) is 0 Å². The zero-order valence-electron chi connectivity index (χ0n) is 9.02. The van der Waals surface area contributed by atoms with Crippen molar-refractivity contribution in [2.45, 2.75) is 12.1 Å². The van der Waals surface area contributed by atoms with E-state index in [2.05, 4.69) is 0 Å². The maximum atomic E-state index is 9.09. The fraction of sp³-hybridized carbons (Fsp3) is 0.455. The summed E-state index contributed by atoms with van der Waals surface area (Å²) in [5, 5.41) is 9.79. The first-order chi connectivity index (χ1) is 7.06. The van der Waals surface area contributed by atoms with E-state index in [-0.39, 0.29) is 18.7 Å². The third kappa shape index (κ3) is 3.18. The molecule has 0 aromatic heterocycles. The van der Waals surface area contributed by atoms with Gasteiger partial charge in [0.1, 0.15) is 0 Å². The number of likely N-dealkylation sites (N-methyl/N-ethyl adjacent to an activating group) is 1. The number of halogens is 1. The molecule has 2 unspecified atom stereocenters. The Balaban J connectivity index is 2.94. The van der Waals surface area contributed by atoms with Crippen molar-refractivity contribution in [3.8, 4) is 0 Å². The lowest BCUT2D eigenvalue weighted by molar-refractivity contribution is 0.181. The molecular formula is C11H17ClN2O. The zero-order valence-corrected chi connectivity index (χ0v) is 9.78. The molecule has 0 saturated carbocycles. The lowest BCUT2D eigenvalue weighted by Crippen LogP contribution is -2.39. The summed E-state index contributed by atoms with van der Waals surface area (Å²) >= 11 is 5.82. The van der Waals surface area contributed by atoms with E-state index in [0.717, 1.165) is 5.56 Å². The van der Waals surface area contributed by atoms with E-state index in [1.54, 1.807) is 0 Å². The number of hydrogen-bond donors (Lipinski definition) is 2. The van der Waals surface area contributed by atoms with Gasteiger partial charge < -0.3 is 15.7 Å². The van der Waals surface area contributed by atoms with Gasteiger partial charge in [0.2, 0.25) is 0 Å². The zero-order chi connectivity index (χ0) is 11.4. The normalized spacial score (nSPS) is 15.3. The quantitative estimate of drug-likeness (QED) is 0.816. The van der Waals surface area contributed by atoms with Gasteiger partial charge in [-0.25, -0.2) is 0 Å². The van der Waals surface area contributed by atoms with Crippen molar-refractivity contribution in [3.63, 3.8) is 0 Å². The van der Waals surface area contributed by atoms with Gasteiger partial charge in [0, 0.05) is 11.1 Å². The van der Waals surface area contributed by atoms with E-state index in [1.807, 2.05) is 43.3 Å². The summed E-state index contributed by atoms with van der Waals surface area (Å²) < 4.78 is 0. The molecule has 0 heterocycles. The van der Waals surface area contributed by atoms with Crippen LogP contribution in [0.2, 0.25) is 5.02 Å². The Labute approximate surface area is 95.5 Å². The Bertz CT molecular complexity index is 300. The molecule has 0 aliphatic rings. The molecule has 0 fully saturated rings. The van der Waals surface area contributed by atoms with Crippen molar-refractivity contribution in [2.24, 2.45) is 5.73 Å². The molecule has 0 amide bonds. The molecule has 3 N–H and O–H groups in total. The summed E-state index contributed by atoms with van der Waals surface area (Å²) in [5.74, 6) is 0. The van der Waals surface area contributed by atoms with Crippen LogP contribution in [0.15, 0.2) is 24.3 Å². The van der Waals surface area contributed by atoms with Crippen molar-refractivity contribution in [2.75, 3.05) is 20.7 Å². The van der Waals surface area contributed by atoms with Crippen molar-refractivity contribution in [1.82, 2.24) is 4.90 Å². The first kappa shape index (κ1) is 12.5. The molecular weight excluding hydrogens is 212 g/mol. The second-order valence-electron chi connectivity index (χ2n) is 3.81. The summed E-state index contributed by atoms with van der Waals surface area (Å²) in [6, 6.07) is 7.24. The van der Waals surface area contributed by atoms with Crippen LogP contribution in [0.4, 0.5) is 0 Å². The standard InChI is InChI=1S/C11H17ClN2O/c1-14(2)11(10(13)7-15)8-3-5-9(12)6-4-8/h3-6,10-11,15H,7,13H2,1-2H3. The maximum absolute atomic E-state index is 9.09. The average molecular weight is 229 g/mol. The topological polar surface area (TPSA) is 49.5 Å². The summed E-state index contributed by atoms with van der Waals surface area (Å²) in [4.78, 5) is 1.99. The summed E-state index contributed by atoms with van der Waals surface area (Å²) in [5.41, 5.74) is 6.92. The second-order valence-corrected chi connectivity index (χ2v) is 4.24.